The molecule has 1 rings (SSSR count). The molecule has 1 aliphatic carbocycles. The topological polar surface area (TPSA) is 30.5 Å². The van der Waals surface area contributed by atoms with Crippen molar-refractivity contribution < 1.29 is 9.47 Å². The summed E-state index contributed by atoms with van der Waals surface area (Å²) in [5.41, 5.74) is 0. The predicted molar refractivity (Wildman–Crippen MR) is 66.7 cm³/mol. The summed E-state index contributed by atoms with van der Waals surface area (Å²) in [5.74, 6) is 0.718. The van der Waals surface area contributed by atoms with Crippen LogP contribution >= 0.6 is 0 Å². The Kier molecular flexibility index (Phi) is 6.32. The average molecular weight is 229 g/mol. The summed E-state index contributed by atoms with van der Waals surface area (Å²) in [5, 5.41) is 3.28. The molecule has 0 aliphatic heterocycles. The predicted octanol–water partition coefficient (Wildman–Crippen LogP) is 2.20. The molecule has 96 valence electrons. The van der Waals surface area contributed by atoms with Crippen LogP contribution in [0.3, 0.4) is 0 Å². The van der Waals surface area contributed by atoms with Gasteiger partial charge in [0.1, 0.15) is 0 Å². The van der Waals surface area contributed by atoms with Crippen molar-refractivity contribution in [2.24, 2.45) is 5.92 Å². The van der Waals surface area contributed by atoms with Crippen molar-refractivity contribution >= 4 is 0 Å². The molecule has 1 saturated carbocycles. The number of hydrogen-bond acceptors (Lipinski definition) is 3. The summed E-state index contributed by atoms with van der Waals surface area (Å²) in [6.45, 7) is 8.30. The Hall–Kier alpha value is -0.120. The van der Waals surface area contributed by atoms with Crippen LogP contribution in [0.15, 0.2) is 0 Å². The Balaban J connectivity index is 2.20. The van der Waals surface area contributed by atoms with E-state index in [4.69, 9.17) is 9.47 Å². The van der Waals surface area contributed by atoms with Crippen LogP contribution < -0.4 is 5.32 Å². The van der Waals surface area contributed by atoms with E-state index in [0.717, 1.165) is 38.4 Å². The normalized spacial score (nSPS) is 29.4. The van der Waals surface area contributed by atoms with Crippen LogP contribution in [-0.4, -0.2) is 38.5 Å². The Morgan fingerprint density at radius 2 is 2.00 bits per heavy atom. The quantitative estimate of drug-likeness (QED) is 0.692. The van der Waals surface area contributed by atoms with Gasteiger partial charge in [0.2, 0.25) is 0 Å². The molecular weight excluding hydrogens is 202 g/mol. The summed E-state index contributed by atoms with van der Waals surface area (Å²) in [6.07, 6.45) is 3.87. The zero-order valence-electron chi connectivity index (χ0n) is 11.2. The van der Waals surface area contributed by atoms with Gasteiger partial charge in [-0.3, -0.25) is 0 Å². The highest BCUT2D eigenvalue weighted by Gasteiger charge is 2.41. The van der Waals surface area contributed by atoms with E-state index < -0.39 is 0 Å². The molecule has 0 spiro atoms. The van der Waals surface area contributed by atoms with Crippen molar-refractivity contribution in [2.45, 2.75) is 58.3 Å². The molecule has 0 bridgehead atoms. The largest absolute Gasteiger partial charge is 0.375 e. The van der Waals surface area contributed by atoms with Gasteiger partial charge in [0, 0.05) is 19.3 Å². The molecule has 0 radical (unpaired) electrons. The fourth-order valence-corrected chi connectivity index (χ4v) is 1.96. The lowest BCUT2D eigenvalue weighted by atomic mass is 9.85. The molecule has 0 heterocycles. The lowest BCUT2D eigenvalue weighted by molar-refractivity contribution is -0.147. The number of hydrogen-bond donors (Lipinski definition) is 1. The van der Waals surface area contributed by atoms with Crippen LogP contribution in [0.1, 0.15) is 40.0 Å². The maximum absolute atomic E-state index is 5.87. The molecule has 0 aromatic carbocycles. The highest BCUT2D eigenvalue weighted by molar-refractivity contribution is 4.96. The van der Waals surface area contributed by atoms with Crippen LogP contribution in [0.5, 0.6) is 0 Å². The number of rotatable bonds is 8. The molecule has 3 heteroatoms. The van der Waals surface area contributed by atoms with Crippen LogP contribution in [0.2, 0.25) is 0 Å². The van der Waals surface area contributed by atoms with Gasteiger partial charge >= 0.3 is 0 Å². The Morgan fingerprint density at radius 1 is 1.25 bits per heavy atom. The van der Waals surface area contributed by atoms with E-state index in [9.17, 15) is 0 Å². The van der Waals surface area contributed by atoms with E-state index in [0.29, 0.717) is 12.1 Å². The Bertz CT molecular complexity index is 185. The van der Waals surface area contributed by atoms with Gasteiger partial charge < -0.3 is 14.8 Å². The number of likely N-dealkylation sites (N-methyl/N-ethyl adjacent to an activating group) is 1. The molecule has 1 N–H and O–H groups in total. The standard InChI is InChI=1S/C13H27NO2/c1-5-7-16-13-11(14-4)9-12(13)15-8-6-10(2)3/h10-14H,5-9H2,1-4H3. The van der Waals surface area contributed by atoms with Gasteiger partial charge in [-0.15, -0.1) is 0 Å². The molecule has 0 aromatic heterocycles. The van der Waals surface area contributed by atoms with Gasteiger partial charge in [-0.25, -0.2) is 0 Å². The third kappa shape index (κ3) is 4.04. The van der Waals surface area contributed by atoms with E-state index >= 15 is 0 Å². The molecule has 1 fully saturated rings. The third-order valence-corrected chi connectivity index (χ3v) is 3.16. The van der Waals surface area contributed by atoms with Crippen molar-refractivity contribution in [3.63, 3.8) is 0 Å². The van der Waals surface area contributed by atoms with Crippen LogP contribution in [0, 0.1) is 5.92 Å². The van der Waals surface area contributed by atoms with E-state index in [1.54, 1.807) is 0 Å². The Labute approximate surface area is 99.9 Å². The first-order valence-electron chi connectivity index (χ1n) is 6.59. The second kappa shape index (κ2) is 7.25. The minimum atomic E-state index is 0.261. The second-order valence-electron chi connectivity index (χ2n) is 5.06. The third-order valence-electron chi connectivity index (χ3n) is 3.16. The van der Waals surface area contributed by atoms with Gasteiger partial charge in [-0.2, -0.15) is 0 Å². The van der Waals surface area contributed by atoms with E-state index in [2.05, 4.69) is 26.1 Å². The van der Waals surface area contributed by atoms with Crippen LogP contribution in [0.25, 0.3) is 0 Å². The fourth-order valence-electron chi connectivity index (χ4n) is 1.96. The monoisotopic (exact) mass is 229 g/mol. The molecule has 3 nitrogen and oxygen atoms in total. The summed E-state index contributed by atoms with van der Waals surface area (Å²) in [7, 11) is 2.00. The SMILES string of the molecule is CCCOC1C(NC)CC1OCCC(C)C. The lowest BCUT2D eigenvalue weighted by Crippen LogP contribution is -2.59. The van der Waals surface area contributed by atoms with E-state index in [1.165, 1.54) is 0 Å². The second-order valence-corrected chi connectivity index (χ2v) is 5.06. The van der Waals surface area contributed by atoms with Crippen molar-refractivity contribution in [3.05, 3.63) is 0 Å². The maximum atomic E-state index is 5.87. The van der Waals surface area contributed by atoms with Crippen LogP contribution in [0.4, 0.5) is 0 Å². The van der Waals surface area contributed by atoms with Gasteiger partial charge in [0.15, 0.2) is 0 Å². The molecule has 3 unspecified atom stereocenters. The zero-order chi connectivity index (χ0) is 12.0. The summed E-state index contributed by atoms with van der Waals surface area (Å²) >= 11 is 0. The zero-order valence-corrected chi connectivity index (χ0v) is 11.2. The fraction of sp³-hybridized carbons (Fsp3) is 1.00. The van der Waals surface area contributed by atoms with Crippen molar-refractivity contribution in [2.75, 3.05) is 20.3 Å². The molecule has 1 aliphatic rings. The van der Waals surface area contributed by atoms with Gasteiger partial charge in [0.25, 0.3) is 0 Å². The number of ether oxygens (including phenoxy) is 2. The summed E-state index contributed by atoms with van der Waals surface area (Å²) < 4.78 is 11.7. The molecule has 0 saturated heterocycles. The van der Waals surface area contributed by atoms with Crippen molar-refractivity contribution in [1.29, 1.82) is 0 Å². The first-order chi connectivity index (χ1) is 7.69. The Morgan fingerprint density at radius 3 is 2.56 bits per heavy atom. The average Bonchev–Trinajstić information content (AvgIpc) is 2.22. The minimum Gasteiger partial charge on any atom is -0.375 e. The summed E-state index contributed by atoms with van der Waals surface area (Å²) in [6, 6.07) is 0.482. The summed E-state index contributed by atoms with van der Waals surface area (Å²) in [4.78, 5) is 0. The van der Waals surface area contributed by atoms with Gasteiger partial charge in [0.05, 0.1) is 12.2 Å². The lowest BCUT2D eigenvalue weighted by Gasteiger charge is -2.43. The van der Waals surface area contributed by atoms with Gasteiger partial charge in [-0.1, -0.05) is 20.8 Å². The smallest absolute Gasteiger partial charge is 0.0990 e. The molecule has 16 heavy (non-hydrogen) atoms. The highest BCUT2D eigenvalue weighted by Crippen LogP contribution is 2.27. The van der Waals surface area contributed by atoms with Gasteiger partial charge in [-0.05, 0) is 32.2 Å². The maximum Gasteiger partial charge on any atom is 0.0990 e. The minimum absolute atomic E-state index is 0.261. The van der Waals surface area contributed by atoms with Crippen molar-refractivity contribution in [1.82, 2.24) is 5.32 Å². The molecule has 3 atom stereocenters. The van der Waals surface area contributed by atoms with Crippen molar-refractivity contribution in [3.8, 4) is 0 Å². The van der Waals surface area contributed by atoms with E-state index in [1.807, 2.05) is 7.05 Å². The molecule has 0 amide bonds. The molecule has 0 aromatic rings. The van der Waals surface area contributed by atoms with E-state index in [-0.39, 0.29) is 6.10 Å². The first-order valence-corrected chi connectivity index (χ1v) is 6.59. The molecular formula is C13H27NO2. The van der Waals surface area contributed by atoms with Crippen LogP contribution in [-0.2, 0) is 9.47 Å². The highest BCUT2D eigenvalue weighted by atomic mass is 16.5. The number of nitrogens with one attached hydrogen (secondary N) is 1. The first kappa shape index (κ1) is 13.9.